The number of aliphatic hydroxyl groups is 3. The highest BCUT2D eigenvalue weighted by molar-refractivity contribution is 6.22. The van der Waals surface area contributed by atoms with Gasteiger partial charge in [0.1, 0.15) is 22.8 Å². The van der Waals surface area contributed by atoms with E-state index in [9.17, 15) is 34.8 Å². The molecule has 0 spiro atoms. The minimum Gasteiger partial charge on any atom is -0.508 e. The molecule has 1 saturated carbocycles. The molecular formula is C26H28N2O7. The second kappa shape index (κ2) is 8.07. The summed E-state index contributed by atoms with van der Waals surface area (Å²) in [6.45, 7) is 3.92. The summed E-state index contributed by atoms with van der Waals surface area (Å²) in [7, 11) is 0. The van der Waals surface area contributed by atoms with E-state index < -0.39 is 52.0 Å². The van der Waals surface area contributed by atoms with Crippen LogP contribution in [0.1, 0.15) is 42.0 Å². The van der Waals surface area contributed by atoms with Gasteiger partial charge in [0.2, 0.25) is 5.78 Å². The van der Waals surface area contributed by atoms with Crippen LogP contribution in [0.3, 0.4) is 0 Å². The second-order valence-electron chi connectivity index (χ2n) is 9.82. The van der Waals surface area contributed by atoms with E-state index in [0.29, 0.717) is 24.9 Å². The number of rotatable bonds is 4. The number of phenols is 1. The lowest BCUT2D eigenvalue weighted by Gasteiger charge is -2.46. The molecule has 0 radical (unpaired) electrons. The van der Waals surface area contributed by atoms with E-state index in [0.717, 1.165) is 24.2 Å². The molecule has 1 aromatic rings. The van der Waals surface area contributed by atoms with Gasteiger partial charge >= 0.3 is 0 Å². The lowest BCUT2D eigenvalue weighted by Crippen LogP contribution is -2.58. The Balaban J connectivity index is 1.66. The number of fused-ring (bicyclic) bond motifs is 3. The Hall–Kier alpha value is -3.43. The average molecular weight is 481 g/mol. The highest BCUT2D eigenvalue weighted by Gasteiger charge is 2.60. The number of hydrogen-bond donors (Lipinski definition) is 5. The number of benzene rings is 1. The first-order chi connectivity index (χ1) is 16.6. The van der Waals surface area contributed by atoms with E-state index >= 15 is 0 Å². The summed E-state index contributed by atoms with van der Waals surface area (Å²) in [6, 6.07) is 1.93. The zero-order chi connectivity index (χ0) is 25.2. The number of nitrogens with two attached hydrogens (primary N) is 1. The lowest BCUT2D eigenvalue weighted by molar-refractivity contribution is -0.147. The third-order valence-electron chi connectivity index (χ3n) is 7.90. The van der Waals surface area contributed by atoms with Gasteiger partial charge in [0, 0.05) is 43.1 Å². The molecule has 4 aliphatic rings. The standard InChI is InChI=1S/C26H28N2O7/c1-2-12-7-14(11-28-5-3-4-6-28)21(30)19-16(12)9-13-8-15-10-17(29)20(25(27)34)24(33)26(15,35)23(32)18(13)22(19)31/h3-4,7,13,15,30-31,33,35H,2,5-6,8-11H2,1H3,(H2,27,34)/t13-,15+,26+/m1/s1. The number of aromatic hydroxyl groups is 1. The molecule has 35 heavy (non-hydrogen) atoms. The highest BCUT2D eigenvalue weighted by atomic mass is 16.3. The largest absolute Gasteiger partial charge is 0.508 e. The molecule has 9 heteroatoms. The fraction of sp³-hybridized carbons (Fsp3) is 0.423. The van der Waals surface area contributed by atoms with Crippen molar-refractivity contribution in [1.29, 1.82) is 0 Å². The molecule has 3 atom stereocenters. The third kappa shape index (κ3) is 3.25. The Labute approximate surface area is 201 Å². The van der Waals surface area contributed by atoms with Crippen LogP contribution in [-0.4, -0.2) is 61.5 Å². The SMILES string of the molecule is CCc1cc(CN2CC=CC2)c(O)c2c1C[C@H]1C[C@H]3CC(=O)C(C(N)=O)=C(O)[C@@]3(O)C(=O)C1=C2O. The van der Waals surface area contributed by atoms with Gasteiger partial charge in [0.15, 0.2) is 11.4 Å². The summed E-state index contributed by atoms with van der Waals surface area (Å²) in [5, 5.41) is 44.5. The zero-order valence-electron chi connectivity index (χ0n) is 19.4. The van der Waals surface area contributed by atoms with Crippen LogP contribution in [0, 0.1) is 11.8 Å². The number of aryl methyl sites for hydroxylation is 1. The van der Waals surface area contributed by atoms with Gasteiger partial charge in [-0.05, 0) is 36.3 Å². The van der Waals surface area contributed by atoms with E-state index in [2.05, 4.69) is 4.90 Å². The number of ketones is 2. The normalized spacial score (nSPS) is 28.3. The van der Waals surface area contributed by atoms with Crippen LogP contribution in [-0.2, 0) is 33.8 Å². The molecule has 0 unspecified atom stereocenters. The van der Waals surface area contributed by atoms with E-state index in [1.807, 2.05) is 25.1 Å². The van der Waals surface area contributed by atoms with Crippen LogP contribution in [0.4, 0.5) is 0 Å². The number of amides is 1. The van der Waals surface area contributed by atoms with Gasteiger partial charge in [0.25, 0.3) is 5.91 Å². The van der Waals surface area contributed by atoms with Gasteiger partial charge in [0.05, 0.1) is 5.56 Å². The topological polar surface area (TPSA) is 161 Å². The van der Waals surface area contributed by atoms with Gasteiger partial charge in [-0.15, -0.1) is 0 Å². The number of primary amides is 1. The van der Waals surface area contributed by atoms with Crippen molar-refractivity contribution in [2.45, 2.75) is 44.8 Å². The molecule has 9 nitrogen and oxygen atoms in total. The number of Topliss-reactive ketones (excluding diaryl/α,β-unsaturated/α-hetero) is 2. The van der Waals surface area contributed by atoms with Crippen molar-refractivity contribution in [3.05, 3.63) is 57.4 Å². The molecule has 1 amide bonds. The molecule has 0 aromatic heterocycles. The monoisotopic (exact) mass is 480 g/mol. The molecule has 1 aliphatic heterocycles. The van der Waals surface area contributed by atoms with Gasteiger partial charge in [-0.1, -0.05) is 25.1 Å². The van der Waals surface area contributed by atoms with E-state index in [1.165, 1.54) is 0 Å². The summed E-state index contributed by atoms with van der Waals surface area (Å²) in [5.74, 6) is -6.03. The molecular weight excluding hydrogens is 452 g/mol. The number of carbonyl (C=O) groups is 3. The number of phenolic OH excluding ortho intramolecular Hbond substituents is 1. The maximum absolute atomic E-state index is 13.6. The van der Waals surface area contributed by atoms with Crippen LogP contribution in [0.5, 0.6) is 5.75 Å². The predicted octanol–water partition coefficient (Wildman–Crippen LogP) is 1.36. The number of nitrogens with zero attached hydrogens (tertiary/aromatic N) is 1. The summed E-state index contributed by atoms with van der Waals surface area (Å²) in [6.07, 6.45) is 4.86. The van der Waals surface area contributed by atoms with Crippen LogP contribution >= 0.6 is 0 Å². The summed E-state index contributed by atoms with van der Waals surface area (Å²) in [4.78, 5) is 40.0. The Morgan fingerprint density at radius 1 is 1.14 bits per heavy atom. The molecule has 1 fully saturated rings. The highest BCUT2D eigenvalue weighted by Crippen LogP contribution is 2.52. The van der Waals surface area contributed by atoms with Crippen molar-refractivity contribution >= 4 is 23.2 Å². The fourth-order valence-corrected chi connectivity index (χ4v) is 6.16. The Morgan fingerprint density at radius 2 is 1.83 bits per heavy atom. The molecule has 0 saturated heterocycles. The summed E-state index contributed by atoms with van der Waals surface area (Å²) in [5.41, 5.74) is 4.25. The molecule has 0 bridgehead atoms. The van der Waals surface area contributed by atoms with Gasteiger partial charge in [-0.25, -0.2) is 0 Å². The number of aliphatic hydroxyl groups excluding tert-OH is 2. The second-order valence-corrected chi connectivity index (χ2v) is 9.82. The van der Waals surface area contributed by atoms with Gasteiger partial charge < -0.3 is 26.2 Å². The number of carbonyl (C=O) groups excluding carboxylic acids is 3. The zero-order valence-corrected chi connectivity index (χ0v) is 19.4. The smallest absolute Gasteiger partial charge is 0.255 e. The maximum Gasteiger partial charge on any atom is 0.255 e. The quantitative estimate of drug-likeness (QED) is 0.319. The first-order valence-electron chi connectivity index (χ1n) is 11.8. The Kier molecular flexibility index (Phi) is 5.37. The van der Waals surface area contributed by atoms with Crippen molar-refractivity contribution < 1.29 is 34.8 Å². The Morgan fingerprint density at radius 3 is 2.46 bits per heavy atom. The minimum absolute atomic E-state index is 0.113. The third-order valence-corrected chi connectivity index (χ3v) is 7.90. The minimum atomic E-state index is -2.54. The van der Waals surface area contributed by atoms with Crippen LogP contribution in [0.25, 0.3) is 5.76 Å². The van der Waals surface area contributed by atoms with Crippen LogP contribution in [0.15, 0.2) is 35.1 Å². The lowest BCUT2D eigenvalue weighted by atomic mass is 9.59. The van der Waals surface area contributed by atoms with Crippen molar-refractivity contribution in [2.24, 2.45) is 17.6 Å². The van der Waals surface area contributed by atoms with Crippen molar-refractivity contribution in [1.82, 2.24) is 4.90 Å². The van der Waals surface area contributed by atoms with Gasteiger partial charge in [-0.3, -0.25) is 19.3 Å². The first kappa shape index (κ1) is 23.3. The van der Waals surface area contributed by atoms with E-state index in [-0.39, 0.29) is 29.7 Å². The van der Waals surface area contributed by atoms with Gasteiger partial charge in [-0.2, -0.15) is 0 Å². The molecule has 1 aromatic carbocycles. The summed E-state index contributed by atoms with van der Waals surface area (Å²) < 4.78 is 0. The van der Waals surface area contributed by atoms with E-state index in [1.54, 1.807) is 0 Å². The van der Waals surface area contributed by atoms with Crippen molar-refractivity contribution in [3.8, 4) is 5.75 Å². The van der Waals surface area contributed by atoms with Crippen LogP contribution < -0.4 is 5.73 Å². The van der Waals surface area contributed by atoms with Crippen molar-refractivity contribution in [2.75, 3.05) is 13.1 Å². The first-order valence-corrected chi connectivity index (χ1v) is 11.8. The number of hydrogen-bond acceptors (Lipinski definition) is 8. The van der Waals surface area contributed by atoms with Crippen LogP contribution in [0.2, 0.25) is 0 Å². The Bertz CT molecular complexity index is 1270. The molecule has 184 valence electrons. The fourth-order valence-electron chi connectivity index (χ4n) is 6.16. The molecule has 6 N–H and O–H groups in total. The maximum atomic E-state index is 13.6. The molecule has 1 heterocycles. The molecule has 3 aliphatic carbocycles. The average Bonchev–Trinajstić information content (AvgIpc) is 3.31. The predicted molar refractivity (Wildman–Crippen MR) is 125 cm³/mol. The van der Waals surface area contributed by atoms with E-state index in [4.69, 9.17) is 5.73 Å². The van der Waals surface area contributed by atoms with Crippen molar-refractivity contribution in [3.63, 3.8) is 0 Å². The summed E-state index contributed by atoms with van der Waals surface area (Å²) >= 11 is 0. The molecule has 5 rings (SSSR count).